The van der Waals surface area contributed by atoms with Crippen LogP contribution in [0, 0.1) is 22.7 Å². The minimum atomic E-state index is -5.67. The maximum Gasteiger partial charge on any atom is 0.534 e. The smallest absolute Gasteiger partial charge is 0.381 e. The first-order chi connectivity index (χ1) is 11.2. The Morgan fingerprint density at radius 1 is 1.28 bits per heavy atom. The van der Waals surface area contributed by atoms with Crippen LogP contribution in [0.2, 0.25) is 0 Å². The molecule has 2 fully saturated rings. The summed E-state index contributed by atoms with van der Waals surface area (Å²) < 4.78 is 64.3. The lowest BCUT2D eigenvalue weighted by Crippen LogP contribution is -2.49. The van der Waals surface area contributed by atoms with Gasteiger partial charge in [-0.3, -0.25) is 0 Å². The normalized spacial score (nSPS) is 32.8. The highest BCUT2D eigenvalue weighted by atomic mass is 32.2. The van der Waals surface area contributed by atoms with Gasteiger partial charge in [-0.1, -0.05) is 45.9 Å². The van der Waals surface area contributed by atoms with Gasteiger partial charge >= 0.3 is 15.6 Å². The van der Waals surface area contributed by atoms with E-state index in [0.717, 1.165) is 37.7 Å². The predicted octanol–water partition coefficient (Wildman–Crippen LogP) is 5.56. The van der Waals surface area contributed by atoms with Crippen LogP contribution in [0.1, 0.15) is 59.3 Å². The van der Waals surface area contributed by atoms with Gasteiger partial charge in [0, 0.05) is 6.42 Å². The minimum Gasteiger partial charge on any atom is -0.381 e. The first-order valence-electron chi connectivity index (χ1n) is 8.57. The van der Waals surface area contributed by atoms with Crippen LogP contribution in [-0.4, -0.2) is 13.9 Å². The number of halogens is 3. The van der Waals surface area contributed by atoms with Crippen molar-refractivity contribution in [3.05, 3.63) is 24.5 Å². The van der Waals surface area contributed by atoms with E-state index in [0.29, 0.717) is 5.92 Å². The van der Waals surface area contributed by atoms with Crippen molar-refractivity contribution in [2.75, 3.05) is 0 Å². The highest BCUT2D eigenvalue weighted by Crippen LogP contribution is 2.61. The molecule has 0 aromatic rings. The van der Waals surface area contributed by atoms with Crippen molar-refractivity contribution in [2.24, 2.45) is 22.7 Å². The highest BCUT2D eigenvalue weighted by molar-refractivity contribution is 7.87. The van der Waals surface area contributed by atoms with Crippen molar-refractivity contribution in [1.82, 2.24) is 0 Å². The number of rotatable bonds is 4. The number of allylic oxidation sites excluding steroid dienone is 2. The summed E-state index contributed by atoms with van der Waals surface area (Å²) >= 11 is 0. The molecule has 3 atom stereocenters. The average molecular weight is 380 g/mol. The van der Waals surface area contributed by atoms with E-state index in [1.807, 2.05) is 0 Å². The van der Waals surface area contributed by atoms with Crippen LogP contribution in [0.3, 0.4) is 0 Å². The molecule has 2 aliphatic rings. The molecule has 0 N–H and O–H groups in total. The summed E-state index contributed by atoms with van der Waals surface area (Å²) in [6.07, 6.45) is 4.96. The third-order valence-corrected chi connectivity index (χ3v) is 7.28. The molecule has 0 aromatic carbocycles. The summed E-state index contributed by atoms with van der Waals surface area (Å²) in [7, 11) is -5.67. The second-order valence-corrected chi connectivity index (χ2v) is 9.91. The molecule has 2 saturated carbocycles. The topological polar surface area (TPSA) is 43.4 Å². The first kappa shape index (κ1) is 20.3. The highest BCUT2D eigenvalue weighted by Gasteiger charge is 2.53. The molecule has 0 aliphatic heterocycles. The van der Waals surface area contributed by atoms with Crippen LogP contribution in [-0.2, 0) is 14.3 Å². The fraction of sp³-hybridized carbons (Fsp3) is 0.778. The SMILES string of the molecule is C=C(C[C@H]1C(=C)CC[C@H]2C(C)(C)CCC[C@]12C)OS(=O)(=O)C(F)(F)F. The van der Waals surface area contributed by atoms with Gasteiger partial charge in [0.15, 0.2) is 0 Å². The number of fused-ring (bicyclic) bond motifs is 1. The molecule has 144 valence electrons. The largest absolute Gasteiger partial charge is 0.534 e. The molecule has 0 heterocycles. The molecule has 0 unspecified atom stereocenters. The molecular formula is C18H27F3O3S. The van der Waals surface area contributed by atoms with Crippen LogP contribution in [0.25, 0.3) is 0 Å². The summed E-state index contributed by atoms with van der Waals surface area (Å²) in [5, 5.41) is 0. The zero-order valence-electron chi connectivity index (χ0n) is 15.1. The maximum absolute atomic E-state index is 12.5. The van der Waals surface area contributed by atoms with E-state index in [1.54, 1.807) is 0 Å². The van der Waals surface area contributed by atoms with Crippen molar-refractivity contribution in [3.8, 4) is 0 Å². The van der Waals surface area contributed by atoms with Crippen molar-refractivity contribution >= 4 is 10.1 Å². The van der Waals surface area contributed by atoms with Crippen LogP contribution in [0.4, 0.5) is 13.2 Å². The summed E-state index contributed by atoms with van der Waals surface area (Å²) in [6, 6.07) is 0. The molecule has 0 aromatic heterocycles. The van der Waals surface area contributed by atoms with Gasteiger partial charge < -0.3 is 4.18 Å². The molecule has 0 radical (unpaired) electrons. The molecule has 0 saturated heterocycles. The van der Waals surface area contributed by atoms with E-state index < -0.39 is 15.6 Å². The van der Waals surface area contributed by atoms with Crippen LogP contribution >= 0.6 is 0 Å². The molecule has 2 rings (SSSR count). The van der Waals surface area contributed by atoms with E-state index in [2.05, 4.69) is 38.1 Å². The van der Waals surface area contributed by atoms with E-state index in [-0.39, 0.29) is 28.9 Å². The number of hydrogen-bond acceptors (Lipinski definition) is 3. The van der Waals surface area contributed by atoms with Gasteiger partial charge in [-0.25, -0.2) is 0 Å². The minimum absolute atomic E-state index is 0.0528. The molecule has 7 heteroatoms. The van der Waals surface area contributed by atoms with Gasteiger partial charge in [-0.2, -0.15) is 21.6 Å². The van der Waals surface area contributed by atoms with Gasteiger partial charge in [0.25, 0.3) is 0 Å². The van der Waals surface area contributed by atoms with E-state index in [9.17, 15) is 21.6 Å². The Morgan fingerprint density at radius 2 is 1.88 bits per heavy atom. The van der Waals surface area contributed by atoms with Crippen molar-refractivity contribution in [2.45, 2.75) is 64.8 Å². The van der Waals surface area contributed by atoms with Crippen LogP contribution in [0.5, 0.6) is 0 Å². The second-order valence-electron chi connectivity index (χ2n) is 8.38. The Bertz CT molecular complexity index is 664. The van der Waals surface area contributed by atoms with E-state index >= 15 is 0 Å². The summed E-state index contributed by atoms with van der Waals surface area (Å²) in [5.74, 6) is -0.0771. The van der Waals surface area contributed by atoms with Gasteiger partial charge in [-0.05, 0) is 48.3 Å². The molecule has 0 amide bonds. The Morgan fingerprint density at radius 3 is 2.44 bits per heavy atom. The van der Waals surface area contributed by atoms with E-state index in [4.69, 9.17) is 0 Å². The fourth-order valence-corrected chi connectivity index (χ4v) is 5.59. The Balaban J connectivity index is 2.22. The number of alkyl halides is 3. The summed E-state index contributed by atoms with van der Waals surface area (Å²) in [5.41, 5.74) is -4.48. The van der Waals surface area contributed by atoms with Gasteiger partial charge in [-0.15, -0.1) is 0 Å². The van der Waals surface area contributed by atoms with Crippen molar-refractivity contribution in [1.29, 1.82) is 0 Å². The molecule has 0 bridgehead atoms. The van der Waals surface area contributed by atoms with Crippen LogP contribution < -0.4 is 0 Å². The van der Waals surface area contributed by atoms with Gasteiger partial charge in [0.1, 0.15) is 5.76 Å². The lowest BCUT2D eigenvalue weighted by atomic mass is 9.47. The molecule has 0 spiro atoms. The maximum atomic E-state index is 12.5. The van der Waals surface area contributed by atoms with Crippen molar-refractivity contribution in [3.63, 3.8) is 0 Å². The Hall–Kier alpha value is -0.980. The zero-order chi connectivity index (χ0) is 19.3. The monoisotopic (exact) mass is 380 g/mol. The third kappa shape index (κ3) is 3.76. The molecule has 2 aliphatic carbocycles. The molecule has 3 nitrogen and oxygen atoms in total. The second kappa shape index (κ2) is 6.32. The van der Waals surface area contributed by atoms with Gasteiger partial charge in [0.05, 0.1) is 0 Å². The summed E-state index contributed by atoms with van der Waals surface area (Å²) in [4.78, 5) is 0. The molecular weight excluding hydrogens is 353 g/mol. The van der Waals surface area contributed by atoms with Crippen LogP contribution in [0.15, 0.2) is 24.5 Å². The molecule has 25 heavy (non-hydrogen) atoms. The summed E-state index contributed by atoms with van der Waals surface area (Å²) in [6.45, 7) is 14.2. The third-order valence-electron chi connectivity index (χ3n) is 6.26. The van der Waals surface area contributed by atoms with Crippen molar-refractivity contribution < 1.29 is 25.8 Å². The van der Waals surface area contributed by atoms with Gasteiger partial charge in [0.2, 0.25) is 0 Å². The standard InChI is InChI=1S/C18H27F3O3S/c1-12-7-8-15-16(3,4)9-6-10-17(15,5)14(12)11-13(2)24-25(22,23)18(19,20)21/h14-15H,1-2,6-11H2,3-5H3/t14-,15-,17+/m0/s1. The lowest BCUT2D eigenvalue weighted by molar-refractivity contribution is -0.0577. The first-order valence-corrected chi connectivity index (χ1v) is 9.98. The Labute approximate surface area is 148 Å². The zero-order valence-corrected chi connectivity index (χ0v) is 15.9. The predicted molar refractivity (Wildman–Crippen MR) is 90.9 cm³/mol. The fourth-order valence-electron chi connectivity index (χ4n) is 5.12. The quantitative estimate of drug-likeness (QED) is 0.278. The number of hydrogen-bond donors (Lipinski definition) is 0. The Kier molecular flexibility index (Phi) is 5.14. The lowest BCUT2D eigenvalue weighted by Gasteiger charge is -2.58. The average Bonchev–Trinajstić information content (AvgIpc) is 2.40. The van der Waals surface area contributed by atoms with E-state index in [1.165, 1.54) is 0 Å².